The van der Waals surface area contributed by atoms with E-state index < -0.39 is 47.2 Å². The van der Waals surface area contributed by atoms with Crippen molar-refractivity contribution in [2.75, 3.05) is 13.6 Å². The number of nitrogens with zero attached hydrogens (tertiary/aromatic N) is 1. The molecule has 5 rings (SSSR count). The van der Waals surface area contributed by atoms with Gasteiger partial charge < -0.3 is 34.1 Å². The number of aromatic hydroxyl groups is 1. The number of carbonyl (C=O) groups is 3. The highest BCUT2D eigenvalue weighted by Gasteiger charge is 2.71. The Kier molecular flexibility index (Phi) is 5.79. The van der Waals surface area contributed by atoms with Crippen molar-refractivity contribution in [3.63, 3.8) is 0 Å². The lowest BCUT2D eigenvalue weighted by Gasteiger charge is -2.56. The monoisotopic (exact) mass is 501 g/mol. The number of hydrogen-bond acceptors (Lipinski definition) is 10. The molecule has 1 saturated heterocycles. The highest BCUT2D eigenvalue weighted by atomic mass is 16.6. The summed E-state index contributed by atoms with van der Waals surface area (Å²) in [4.78, 5) is 38.4. The molecule has 0 saturated carbocycles. The minimum absolute atomic E-state index is 0.0247. The third kappa shape index (κ3) is 3.42. The number of ether oxygens (including phenoxy) is 4. The molecule has 10 heteroatoms. The largest absolute Gasteiger partial charge is 0.504 e. The average Bonchev–Trinajstić information content (AvgIpc) is 3.15. The third-order valence-electron chi connectivity index (χ3n) is 8.09. The Balaban J connectivity index is 1.46. The molecule has 1 fully saturated rings. The van der Waals surface area contributed by atoms with Crippen molar-refractivity contribution in [3.05, 3.63) is 35.1 Å². The van der Waals surface area contributed by atoms with Gasteiger partial charge in [0.25, 0.3) is 0 Å². The molecule has 2 bridgehead atoms. The Morgan fingerprint density at radius 2 is 1.89 bits per heavy atom. The fourth-order valence-electron chi connectivity index (χ4n) is 6.51. The van der Waals surface area contributed by atoms with E-state index in [1.165, 1.54) is 20.8 Å². The van der Waals surface area contributed by atoms with E-state index in [-0.39, 0.29) is 24.0 Å². The van der Waals surface area contributed by atoms with Crippen LogP contribution in [0.2, 0.25) is 0 Å². The van der Waals surface area contributed by atoms with Crippen molar-refractivity contribution in [1.82, 2.24) is 4.90 Å². The van der Waals surface area contributed by atoms with Gasteiger partial charge in [0.05, 0.1) is 11.0 Å². The summed E-state index contributed by atoms with van der Waals surface area (Å²) in [5, 5.41) is 22.9. The minimum atomic E-state index is -1.28. The molecule has 1 spiro atoms. The van der Waals surface area contributed by atoms with Gasteiger partial charge in [0.2, 0.25) is 0 Å². The molecule has 10 nitrogen and oxygen atoms in total. The molecule has 2 heterocycles. The van der Waals surface area contributed by atoms with E-state index in [0.29, 0.717) is 18.6 Å². The van der Waals surface area contributed by atoms with Gasteiger partial charge in [-0.25, -0.2) is 9.59 Å². The lowest BCUT2D eigenvalue weighted by atomic mass is 9.52. The normalized spacial score (nSPS) is 31.6. The van der Waals surface area contributed by atoms with Gasteiger partial charge in [-0.3, -0.25) is 4.79 Å². The van der Waals surface area contributed by atoms with E-state index >= 15 is 0 Å². The number of aliphatic hydroxyl groups is 1. The maximum absolute atomic E-state index is 12.9. The number of likely N-dealkylation sites (N-methyl/N-ethyl adjacent to an activating group) is 1. The number of likely N-dealkylation sites (tertiary alicyclic amines) is 1. The van der Waals surface area contributed by atoms with Crippen molar-refractivity contribution in [1.29, 1.82) is 0 Å². The molecular formula is C26H31NO9. The van der Waals surface area contributed by atoms with Crippen LogP contribution in [0.5, 0.6) is 11.5 Å². The van der Waals surface area contributed by atoms with Crippen LogP contribution in [-0.4, -0.2) is 76.6 Å². The summed E-state index contributed by atoms with van der Waals surface area (Å²) in [6.07, 6.45) is 0.598. The molecule has 194 valence electrons. The predicted molar refractivity (Wildman–Crippen MR) is 124 cm³/mol. The van der Waals surface area contributed by atoms with E-state index in [0.717, 1.165) is 24.1 Å². The molecule has 6 atom stereocenters. The molecule has 2 aliphatic carbocycles. The molecule has 0 unspecified atom stereocenters. The summed E-state index contributed by atoms with van der Waals surface area (Å²) < 4.78 is 21.9. The van der Waals surface area contributed by atoms with Crippen LogP contribution in [-0.2, 0) is 40.4 Å². The Morgan fingerprint density at radius 3 is 2.61 bits per heavy atom. The molecule has 36 heavy (non-hydrogen) atoms. The summed E-state index contributed by atoms with van der Waals surface area (Å²) in [7, 11) is 2.00. The number of phenols is 1. The predicted octanol–water partition coefficient (Wildman–Crippen LogP) is 1.49. The number of carbonyl (C=O) groups excluding carboxylic acids is 3. The molecule has 2 N–H and O–H groups in total. The van der Waals surface area contributed by atoms with E-state index in [1.807, 2.05) is 13.1 Å². The number of hydrogen-bond donors (Lipinski definition) is 2. The van der Waals surface area contributed by atoms with Crippen LogP contribution in [0.4, 0.5) is 0 Å². The van der Waals surface area contributed by atoms with Gasteiger partial charge in [0.1, 0.15) is 5.76 Å². The van der Waals surface area contributed by atoms with Gasteiger partial charge >= 0.3 is 17.9 Å². The fourth-order valence-corrected chi connectivity index (χ4v) is 6.51. The molecule has 0 radical (unpaired) electrons. The van der Waals surface area contributed by atoms with Crippen molar-refractivity contribution >= 4 is 17.9 Å². The van der Waals surface area contributed by atoms with Crippen LogP contribution >= 0.6 is 0 Å². The second-order valence-electron chi connectivity index (χ2n) is 10.2. The Labute approximate surface area is 208 Å². The van der Waals surface area contributed by atoms with Gasteiger partial charge in [-0.2, -0.15) is 0 Å². The zero-order valence-corrected chi connectivity index (χ0v) is 20.8. The quantitative estimate of drug-likeness (QED) is 0.452. The summed E-state index contributed by atoms with van der Waals surface area (Å²) >= 11 is 0. The minimum Gasteiger partial charge on any atom is -0.504 e. The number of esters is 3. The van der Waals surface area contributed by atoms with Crippen LogP contribution in [0.15, 0.2) is 24.0 Å². The first kappa shape index (κ1) is 24.6. The molecule has 1 aromatic carbocycles. The van der Waals surface area contributed by atoms with E-state index in [1.54, 1.807) is 12.1 Å². The first-order valence-electron chi connectivity index (χ1n) is 12.2. The molecule has 0 aromatic heterocycles. The van der Waals surface area contributed by atoms with Crippen LogP contribution in [0, 0.1) is 0 Å². The van der Waals surface area contributed by atoms with E-state index in [4.69, 9.17) is 18.9 Å². The van der Waals surface area contributed by atoms with Gasteiger partial charge in [0.15, 0.2) is 29.8 Å². The fraction of sp³-hybridized carbons (Fsp3) is 0.577. The van der Waals surface area contributed by atoms with Crippen molar-refractivity contribution < 1.29 is 43.5 Å². The maximum Gasteiger partial charge on any atom is 0.352 e. The lowest BCUT2D eigenvalue weighted by molar-refractivity contribution is -0.176. The smallest absolute Gasteiger partial charge is 0.352 e. The third-order valence-corrected chi connectivity index (χ3v) is 8.09. The molecule has 0 amide bonds. The molecule has 1 aromatic rings. The van der Waals surface area contributed by atoms with Gasteiger partial charge in [-0.05, 0) is 64.4 Å². The van der Waals surface area contributed by atoms with Crippen molar-refractivity contribution in [3.8, 4) is 11.5 Å². The summed E-state index contributed by atoms with van der Waals surface area (Å²) in [6, 6.07) is 3.30. The highest BCUT2D eigenvalue weighted by Crippen LogP contribution is 2.64. The summed E-state index contributed by atoms with van der Waals surface area (Å²) in [5.41, 5.74) is -0.304. The number of phenolic OH excluding ortho intramolecular Hbond substituents is 1. The molecule has 4 aliphatic rings. The topological polar surface area (TPSA) is 132 Å². The van der Waals surface area contributed by atoms with E-state index in [9.17, 15) is 24.6 Å². The maximum atomic E-state index is 12.9. The van der Waals surface area contributed by atoms with Gasteiger partial charge in [-0.1, -0.05) is 6.07 Å². The van der Waals surface area contributed by atoms with Crippen LogP contribution in [0.3, 0.4) is 0 Å². The number of benzene rings is 1. The average molecular weight is 502 g/mol. The second-order valence-corrected chi connectivity index (χ2v) is 10.2. The first-order valence-corrected chi connectivity index (χ1v) is 12.2. The van der Waals surface area contributed by atoms with E-state index in [2.05, 4.69) is 4.90 Å². The Hall–Kier alpha value is -3.11. The highest BCUT2D eigenvalue weighted by molar-refractivity contribution is 5.83. The van der Waals surface area contributed by atoms with Crippen LogP contribution < -0.4 is 4.74 Å². The van der Waals surface area contributed by atoms with Crippen LogP contribution in [0.25, 0.3) is 0 Å². The first-order chi connectivity index (χ1) is 17.0. The standard InChI is InChI=1S/C26H31NO9/c1-13(33-15(3)28)23(30)34-14(2)24(31)35-18-8-10-26(32)19-12-16-6-7-17(29)21-20(16)25(26,22(18)36-21)9-5-11-27(19)4/h6-8,13-14,19,22,29,32H,5,9-12H2,1-4H3/t13-,14-,19+,22-,25-,26+/m0/s1. The Morgan fingerprint density at radius 1 is 1.17 bits per heavy atom. The Bertz CT molecular complexity index is 1160. The zero-order valence-electron chi connectivity index (χ0n) is 20.8. The van der Waals surface area contributed by atoms with Gasteiger partial charge in [0, 0.05) is 24.9 Å². The summed E-state index contributed by atoms with van der Waals surface area (Å²) in [5.74, 6) is -1.84. The van der Waals surface area contributed by atoms with Crippen molar-refractivity contribution in [2.45, 2.75) is 81.8 Å². The number of rotatable bonds is 5. The van der Waals surface area contributed by atoms with Crippen molar-refractivity contribution in [2.24, 2.45) is 0 Å². The molecule has 2 aliphatic heterocycles. The van der Waals surface area contributed by atoms with Gasteiger partial charge in [-0.15, -0.1) is 0 Å². The summed E-state index contributed by atoms with van der Waals surface area (Å²) in [6.45, 7) is 4.67. The zero-order chi connectivity index (χ0) is 26.0. The van der Waals surface area contributed by atoms with Crippen LogP contribution in [0.1, 0.15) is 51.2 Å². The molecular weight excluding hydrogens is 470 g/mol. The second kappa shape index (κ2) is 8.48. The lowest BCUT2D eigenvalue weighted by Crippen LogP contribution is -2.69. The SMILES string of the molecule is CC(=O)O[C@@H](C)C(=O)O[C@@H](C)C(=O)OC1=CC[C@@]2(O)[C@H]3Cc4ccc(O)c5c4[C@@]2(CCCN3C)[C@H]1O5.